The van der Waals surface area contributed by atoms with Crippen LogP contribution in [-0.4, -0.2) is 4.98 Å². The average Bonchev–Trinajstić information content (AvgIpc) is 3.33. The van der Waals surface area contributed by atoms with Gasteiger partial charge in [-0.25, -0.2) is 4.98 Å². The van der Waals surface area contributed by atoms with Gasteiger partial charge in [-0.2, -0.15) is 0 Å². The van der Waals surface area contributed by atoms with Gasteiger partial charge in [-0.05, 0) is 66.3 Å². The van der Waals surface area contributed by atoms with Gasteiger partial charge in [0.2, 0.25) is 0 Å². The number of allylic oxidation sites excluding steroid dienone is 4. The molecule has 230 valence electrons. The van der Waals surface area contributed by atoms with Gasteiger partial charge < -0.3 is 4.57 Å². The molecule has 1 atom stereocenters. The monoisotopic (exact) mass is 636 g/mol. The summed E-state index contributed by atoms with van der Waals surface area (Å²) in [5.41, 5.74) is 11.8. The molecule has 0 saturated heterocycles. The molecule has 3 nitrogen and oxygen atoms in total. The molecule has 9 rings (SSSR count). The molecule has 0 N–H and O–H groups in total. The summed E-state index contributed by atoms with van der Waals surface area (Å²) in [4.78, 5) is 7.73. The first-order chi connectivity index (χ1) is 23.6. The van der Waals surface area contributed by atoms with E-state index in [1.807, 2.05) is 42.5 Å². The number of benzene rings is 5. The van der Waals surface area contributed by atoms with E-state index in [4.69, 9.17) is 4.98 Å². The lowest BCUT2D eigenvalue weighted by Crippen LogP contribution is -2.18. The Bertz CT molecular complexity index is 2390. The van der Waals surface area contributed by atoms with Crippen LogP contribution in [0, 0.1) is 6.92 Å². The smallest absolute Gasteiger partial charge is 0.172 e. The highest BCUT2D eigenvalue weighted by molar-refractivity contribution is 7.88. The zero-order chi connectivity index (χ0) is 32.2. The summed E-state index contributed by atoms with van der Waals surface area (Å²) in [6.07, 6.45) is 8.61. The number of anilines is 3. The molecule has 6 aromatic rings. The highest BCUT2D eigenvalue weighted by atomic mass is 31.2. The number of aromatic nitrogens is 1. The summed E-state index contributed by atoms with van der Waals surface area (Å²) in [7, 11) is -3.27. The minimum Gasteiger partial charge on any atom is -0.309 e. The number of rotatable bonds is 4. The van der Waals surface area contributed by atoms with Crippen LogP contribution < -0.4 is 15.5 Å². The molecule has 48 heavy (non-hydrogen) atoms. The van der Waals surface area contributed by atoms with E-state index < -0.39 is 7.14 Å². The first-order valence-corrected chi connectivity index (χ1v) is 18.3. The fourth-order valence-electron chi connectivity index (χ4n) is 7.65. The summed E-state index contributed by atoms with van der Waals surface area (Å²) in [5, 5.41) is 2.66. The van der Waals surface area contributed by atoms with Gasteiger partial charge in [-0.1, -0.05) is 133 Å². The molecule has 5 aromatic carbocycles. The third kappa shape index (κ3) is 4.35. The molecule has 0 amide bonds. The Labute approximate surface area is 281 Å². The number of pyridine rings is 1. The molecule has 2 aliphatic heterocycles. The Morgan fingerprint density at radius 1 is 0.688 bits per heavy atom. The van der Waals surface area contributed by atoms with Crippen LogP contribution in [0.2, 0.25) is 0 Å². The summed E-state index contributed by atoms with van der Waals surface area (Å²) >= 11 is 0. The summed E-state index contributed by atoms with van der Waals surface area (Å²) in [5.74, 6) is 0.838. The number of nitrogens with zero attached hydrogens (tertiary/aromatic N) is 2. The molecular formula is C44H33N2OP. The van der Waals surface area contributed by atoms with Crippen LogP contribution in [0.15, 0.2) is 158 Å². The van der Waals surface area contributed by atoms with Crippen molar-refractivity contribution in [2.75, 3.05) is 4.90 Å². The number of hydrogen-bond donors (Lipinski definition) is 0. The van der Waals surface area contributed by atoms with E-state index >= 15 is 4.57 Å². The molecule has 4 heteroatoms. The number of hydrogen-bond acceptors (Lipinski definition) is 3. The van der Waals surface area contributed by atoms with Gasteiger partial charge >= 0.3 is 0 Å². The third-order valence-corrected chi connectivity index (χ3v) is 13.0. The largest absolute Gasteiger partial charge is 0.309 e. The summed E-state index contributed by atoms with van der Waals surface area (Å²) < 4.78 is 16.1. The lowest BCUT2D eigenvalue weighted by molar-refractivity contribution is 0.593. The van der Waals surface area contributed by atoms with E-state index in [0.717, 1.165) is 85.0 Å². The Balaban J connectivity index is 1.39. The van der Waals surface area contributed by atoms with Crippen LogP contribution in [0.5, 0.6) is 0 Å². The van der Waals surface area contributed by atoms with Gasteiger partial charge in [0.15, 0.2) is 7.14 Å². The third-order valence-electron chi connectivity index (χ3n) is 9.82. The summed E-state index contributed by atoms with van der Waals surface area (Å²) in [6, 6.07) is 48.2. The second kappa shape index (κ2) is 11.3. The maximum Gasteiger partial charge on any atom is 0.172 e. The standard InChI is InChI=1S/C44H33N2OP/c1-30-16-15-26-39-42(30)43-36-24-12-14-27-40(36)48(47,34-21-9-4-10-22-34)44(43)35-23-11-13-25-38(35)46(39)41-29-33(31-17-5-2-6-18-31)28-37(45-41)32-19-7-3-8-20-32/h2-5,7-17,19-29H,6,18H2,1H3. The van der Waals surface area contributed by atoms with E-state index in [1.54, 1.807) is 0 Å². The second-order valence-electron chi connectivity index (χ2n) is 12.6. The summed E-state index contributed by atoms with van der Waals surface area (Å²) in [6.45, 7) is 2.17. The van der Waals surface area contributed by atoms with Crippen LogP contribution in [0.3, 0.4) is 0 Å². The van der Waals surface area contributed by atoms with Gasteiger partial charge in [-0.15, -0.1) is 0 Å². The quantitative estimate of drug-likeness (QED) is 0.181. The van der Waals surface area contributed by atoms with Crippen molar-refractivity contribution in [3.8, 4) is 11.3 Å². The first kappa shape index (κ1) is 28.7. The number of fused-ring (bicyclic) bond motifs is 6. The predicted octanol–water partition coefficient (Wildman–Crippen LogP) is 10.8. The van der Waals surface area contributed by atoms with Crippen molar-refractivity contribution in [2.24, 2.45) is 0 Å². The van der Waals surface area contributed by atoms with Crippen molar-refractivity contribution in [3.63, 3.8) is 0 Å². The molecule has 0 spiro atoms. The van der Waals surface area contributed by atoms with E-state index in [-0.39, 0.29) is 0 Å². The van der Waals surface area contributed by atoms with E-state index in [1.165, 1.54) is 11.1 Å². The average molecular weight is 637 g/mol. The van der Waals surface area contributed by atoms with E-state index in [9.17, 15) is 0 Å². The molecule has 1 aliphatic carbocycles. The van der Waals surface area contributed by atoms with E-state index in [0.29, 0.717) is 0 Å². The Kier molecular flexibility index (Phi) is 6.78. The van der Waals surface area contributed by atoms with Crippen LogP contribution >= 0.6 is 7.14 Å². The molecule has 3 heterocycles. The lowest BCUT2D eigenvalue weighted by Gasteiger charge is -2.29. The minimum atomic E-state index is -3.27. The van der Waals surface area contributed by atoms with Crippen molar-refractivity contribution < 1.29 is 4.57 Å². The molecule has 1 unspecified atom stereocenters. The molecule has 0 fully saturated rings. The molecule has 0 radical (unpaired) electrons. The van der Waals surface area contributed by atoms with Crippen LogP contribution in [0.1, 0.15) is 40.7 Å². The Morgan fingerprint density at radius 3 is 2.19 bits per heavy atom. The molecule has 0 bridgehead atoms. The van der Waals surface area contributed by atoms with Crippen molar-refractivity contribution in [2.45, 2.75) is 19.8 Å². The Hall–Kier alpha value is -5.50. The fourth-order valence-corrected chi connectivity index (χ4v) is 10.9. The normalized spacial score (nSPS) is 17.6. The van der Waals surface area contributed by atoms with Gasteiger partial charge in [0.25, 0.3) is 0 Å². The Morgan fingerprint density at radius 2 is 1.40 bits per heavy atom. The zero-order valence-corrected chi connectivity index (χ0v) is 27.6. The molecule has 1 aromatic heterocycles. The van der Waals surface area contributed by atoms with E-state index in [2.05, 4.69) is 127 Å². The van der Waals surface area contributed by atoms with Crippen molar-refractivity contribution in [3.05, 3.63) is 186 Å². The maximum absolute atomic E-state index is 16.1. The highest BCUT2D eigenvalue weighted by Gasteiger charge is 2.46. The highest BCUT2D eigenvalue weighted by Crippen LogP contribution is 2.68. The fraction of sp³-hybridized carbons (Fsp3) is 0.0682. The van der Waals surface area contributed by atoms with Crippen LogP contribution in [0.25, 0.3) is 27.7 Å². The van der Waals surface area contributed by atoms with Gasteiger partial charge in [0.05, 0.1) is 17.1 Å². The van der Waals surface area contributed by atoms with Crippen molar-refractivity contribution in [1.29, 1.82) is 0 Å². The first-order valence-electron chi connectivity index (χ1n) is 16.6. The van der Waals surface area contributed by atoms with Crippen molar-refractivity contribution >= 4 is 51.4 Å². The molecular weight excluding hydrogens is 603 g/mol. The zero-order valence-electron chi connectivity index (χ0n) is 26.7. The van der Waals surface area contributed by atoms with Crippen LogP contribution in [-0.2, 0) is 4.57 Å². The molecule has 0 saturated carbocycles. The maximum atomic E-state index is 16.1. The molecule has 3 aliphatic rings. The van der Waals surface area contributed by atoms with Crippen LogP contribution in [0.4, 0.5) is 17.2 Å². The number of para-hydroxylation sites is 1. The van der Waals surface area contributed by atoms with Gasteiger partial charge in [0.1, 0.15) is 5.82 Å². The lowest BCUT2D eigenvalue weighted by atomic mass is 9.92. The second-order valence-corrected chi connectivity index (χ2v) is 15.3. The topological polar surface area (TPSA) is 33.2 Å². The number of aryl methyl sites for hydroxylation is 1. The van der Waals surface area contributed by atoms with Crippen molar-refractivity contribution in [1.82, 2.24) is 4.98 Å². The predicted molar refractivity (Wildman–Crippen MR) is 201 cm³/mol. The van der Waals surface area contributed by atoms with Gasteiger partial charge in [-0.3, -0.25) is 4.90 Å². The SMILES string of the molecule is Cc1cccc2c1C1=C(c3ccccc3N2c2cc(C3=CC=CCC3)cc(-c3ccccc3)n2)P(=O)(c2ccccc2)c2ccccc21. The van der Waals surface area contributed by atoms with Gasteiger partial charge in [0, 0.05) is 38.2 Å². The minimum absolute atomic E-state index is 0.838.